The van der Waals surface area contributed by atoms with Crippen LogP contribution in [0, 0.1) is 0 Å². The second-order valence-electron chi connectivity index (χ2n) is 8.37. The van der Waals surface area contributed by atoms with E-state index in [1.54, 1.807) is 6.07 Å². The number of hydrogen-bond donors (Lipinski definition) is 4. The Kier molecular flexibility index (Phi) is 8.05. The van der Waals surface area contributed by atoms with E-state index in [-0.39, 0.29) is 11.1 Å². The number of hydrogen-bond acceptors (Lipinski definition) is 9. The first-order valence-electron chi connectivity index (χ1n) is 11.1. The minimum Gasteiger partial charge on any atom is -0.386 e. The Hall–Kier alpha value is -4.15. The molecule has 3 aromatic rings. The van der Waals surface area contributed by atoms with Crippen molar-refractivity contribution in [2.24, 2.45) is 0 Å². The molecule has 0 aliphatic rings. The van der Waals surface area contributed by atoms with Crippen LogP contribution in [0.5, 0.6) is 0 Å². The average molecular weight is 504 g/mol. The number of Topliss-reactive ketones (excluding diaryl/α,β-unsaturated/α-hetero) is 5. The molecule has 0 spiro atoms. The van der Waals surface area contributed by atoms with Gasteiger partial charge in [-0.25, -0.2) is 0 Å². The first-order chi connectivity index (χ1) is 17.5. The van der Waals surface area contributed by atoms with E-state index in [2.05, 4.69) is 0 Å². The van der Waals surface area contributed by atoms with Crippen molar-refractivity contribution < 1.29 is 44.4 Å². The summed E-state index contributed by atoms with van der Waals surface area (Å²) >= 11 is 0. The molecule has 0 saturated heterocycles. The molecule has 9 nitrogen and oxygen atoms in total. The van der Waals surface area contributed by atoms with Crippen LogP contribution in [-0.4, -0.2) is 72.8 Å². The van der Waals surface area contributed by atoms with E-state index in [9.17, 15) is 44.4 Å². The van der Waals surface area contributed by atoms with E-state index in [1.807, 2.05) is 0 Å². The van der Waals surface area contributed by atoms with Crippen LogP contribution in [0.15, 0.2) is 91.0 Å². The van der Waals surface area contributed by atoms with Crippen LogP contribution >= 0.6 is 0 Å². The van der Waals surface area contributed by atoms with Gasteiger partial charge in [-0.1, -0.05) is 91.0 Å². The Balaban J connectivity index is 2.29. The van der Waals surface area contributed by atoms with Crippen LogP contribution in [0.4, 0.5) is 0 Å². The molecule has 0 aliphatic heterocycles. The zero-order chi connectivity index (χ0) is 27.4. The van der Waals surface area contributed by atoms with Crippen molar-refractivity contribution in [1.29, 1.82) is 0 Å². The first-order valence-corrected chi connectivity index (χ1v) is 11.1. The molecular weight excluding hydrogens is 480 g/mol. The normalized spacial score (nSPS) is 15.9. The SMILES string of the molecule is CC(=O)C(=O)[C@@](O)(C(=O)c1ccccc1)[C@](O)(C(=O)c1ccccc1)[C@H](O)C(O)C(=O)c1ccccc1. The summed E-state index contributed by atoms with van der Waals surface area (Å²) in [7, 11) is 0. The van der Waals surface area contributed by atoms with Gasteiger partial charge in [-0.2, -0.15) is 0 Å². The van der Waals surface area contributed by atoms with Crippen LogP contribution in [0.1, 0.15) is 38.0 Å². The van der Waals surface area contributed by atoms with Crippen molar-refractivity contribution in [3.8, 4) is 0 Å². The lowest BCUT2D eigenvalue weighted by atomic mass is 9.66. The summed E-state index contributed by atoms with van der Waals surface area (Å²) in [6.45, 7) is 0.691. The molecule has 1 unspecified atom stereocenters. The Bertz CT molecular complexity index is 1320. The molecule has 3 aromatic carbocycles. The highest BCUT2D eigenvalue weighted by molar-refractivity contribution is 6.47. The minimum atomic E-state index is -3.93. The molecule has 4 atom stereocenters. The summed E-state index contributed by atoms with van der Waals surface area (Å²) in [5, 5.41) is 45.3. The van der Waals surface area contributed by atoms with Crippen LogP contribution in [0.2, 0.25) is 0 Å². The lowest BCUT2D eigenvalue weighted by Crippen LogP contribution is -2.75. The summed E-state index contributed by atoms with van der Waals surface area (Å²) in [4.78, 5) is 65.4. The maximum absolute atomic E-state index is 13.7. The van der Waals surface area contributed by atoms with Gasteiger partial charge in [-0.3, -0.25) is 24.0 Å². The summed E-state index contributed by atoms with van der Waals surface area (Å²) in [6, 6.07) is 20.0. The summed E-state index contributed by atoms with van der Waals surface area (Å²) in [6.07, 6.45) is -5.54. The van der Waals surface area contributed by atoms with E-state index >= 15 is 0 Å². The standard InChI is InChI=1S/C28H24O9/c1-17(29)23(32)27(36,24(33)19-13-7-3-8-14-19)28(37,25(34)20-15-9-4-10-16-20)26(35)22(31)21(30)18-11-5-2-6-12-18/h2-16,22,26,31,35-37H,1H3/t22?,26-,27-,28+/m1/s1. The maximum atomic E-state index is 13.7. The molecule has 190 valence electrons. The van der Waals surface area contributed by atoms with Gasteiger partial charge in [0.15, 0.2) is 11.6 Å². The predicted octanol–water partition coefficient (Wildman–Crippen LogP) is 0.977. The maximum Gasteiger partial charge on any atom is 0.241 e. The summed E-state index contributed by atoms with van der Waals surface area (Å²) < 4.78 is 0. The van der Waals surface area contributed by atoms with Gasteiger partial charge in [-0.05, 0) is 0 Å². The molecule has 0 amide bonds. The minimum absolute atomic E-state index is 0.139. The van der Waals surface area contributed by atoms with E-state index < -0.39 is 57.9 Å². The molecule has 0 radical (unpaired) electrons. The quantitative estimate of drug-likeness (QED) is 0.169. The van der Waals surface area contributed by atoms with Gasteiger partial charge < -0.3 is 20.4 Å². The van der Waals surface area contributed by atoms with Gasteiger partial charge in [0.1, 0.15) is 12.2 Å². The van der Waals surface area contributed by atoms with Crippen LogP contribution < -0.4 is 0 Å². The molecule has 0 heterocycles. The average Bonchev–Trinajstić information content (AvgIpc) is 2.95. The topological polar surface area (TPSA) is 166 Å². The van der Waals surface area contributed by atoms with Crippen molar-refractivity contribution >= 4 is 28.9 Å². The zero-order valence-corrected chi connectivity index (χ0v) is 19.6. The van der Waals surface area contributed by atoms with Gasteiger partial charge >= 0.3 is 0 Å². The van der Waals surface area contributed by atoms with E-state index in [1.165, 1.54) is 60.7 Å². The molecule has 0 fully saturated rings. The first kappa shape index (κ1) is 27.4. The van der Waals surface area contributed by atoms with E-state index in [4.69, 9.17) is 0 Å². The van der Waals surface area contributed by atoms with Crippen molar-refractivity contribution in [2.45, 2.75) is 30.3 Å². The van der Waals surface area contributed by atoms with Crippen molar-refractivity contribution in [1.82, 2.24) is 0 Å². The Morgan fingerprint density at radius 2 is 1.00 bits per heavy atom. The fourth-order valence-electron chi connectivity index (χ4n) is 3.97. The van der Waals surface area contributed by atoms with Gasteiger partial charge in [0.05, 0.1) is 0 Å². The fourth-order valence-corrected chi connectivity index (χ4v) is 3.97. The van der Waals surface area contributed by atoms with Crippen LogP contribution in [-0.2, 0) is 9.59 Å². The molecule has 0 aromatic heterocycles. The van der Waals surface area contributed by atoms with Gasteiger partial charge in [-0.15, -0.1) is 0 Å². The monoisotopic (exact) mass is 504 g/mol. The van der Waals surface area contributed by atoms with Crippen molar-refractivity contribution in [3.05, 3.63) is 108 Å². The Morgan fingerprint density at radius 1 is 0.622 bits per heavy atom. The Morgan fingerprint density at radius 3 is 1.41 bits per heavy atom. The number of carbonyl (C=O) groups is 5. The second-order valence-corrected chi connectivity index (χ2v) is 8.37. The fraction of sp³-hybridized carbons (Fsp3) is 0.179. The number of aliphatic hydroxyl groups is 4. The number of benzene rings is 3. The third-order valence-corrected chi connectivity index (χ3v) is 6.00. The molecule has 9 heteroatoms. The van der Waals surface area contributed by atoms with Crippen LogP contribution in [0.25, 0.3) is 0 Å². The molecular formula is C28H24O9. The van der Waals surface area contributed by atoms with E-state index in [0.717, 1.165) is 24.3 Å². The number of aliphatic hydroxyl groups excluding tert-OH is 2. The highest BCUT2D eigenvalue weighted by atomic mass is 16.4. The third-order valence-electron chi connectivity index (χ3n) is 6.00. The Labute approximate surface area is 211 Å². The largest absolute Gasteiger partial charge is 0.386 e. The molecule has 0 aliphatic carbocycles. The lowest BCUT2D eigenvalue weighted by molar-refractivity contribution is -0.182. The smallest absolute Gasteiger partial charge is 0.241 e. The molecule has 4 N–H and O–H groups in total. The van der Waals surface area contributed by atoms with Gasteiger partial charge in [0, 0.05) is 23.6 Å². The molecule has 3 rings (SSSR count). The third kappa shape index (κ3) is 4.81. The van der Waals surface area contributed by atoms with Crippen molar-refractivity contribution in [3.63, 3.8) is 0 Å². The molecule has 37 heavy (non-hydrogen) atoms. The number of carbonyl (C=O) groups excluding carboxylic acids is 5. The molecule has 0 saturated carbocycles. The molecule has 0 bridgehead atoms. The zero-order valence-electron chi connectivity index (χ0n) is 19.6. The second kappa shape index (κ2) is 10.9. The van der Waals surface area contributed by atoms with Gasteiger partial charge in [0.2, 0.25) is 28.6 Å². The van der Waals surface area contributed by atoms with Crippen molar-refractivity contribution in [2.75, 3.05) is 0 Å². The predicted molar refractivity (Wildman–Crippen MR) is 130 cm³/mol. The highest BCUT2D eigenvalue weighted by Gasteiger charge is 2.69. The number of rotatable bonds is 11. The van der Waals surface area contributed by atoms with E-state index in [0.29, 0.717) is 6.92 Å². The van der Waals surface area contributed by atoms with Crippen LogP contribution in [0.3, 0.4) is 0 Å². The summed E-state index contributed by atoms with van der Waals surface area (Å²) in [5.74, 6) is -7.72. The highest BCUT2D eigenvalue weighted by Crippen LogP contribution is 2.36. The number of ketones is 5. The lowest BCUT2D eigenvalue weighted by Gasteiger charge is -2.43. The summed E-state index contributed by atoms with van der Waals surface area (Å²) in [5.41, 5.74) is -8.73. The van der Waals surface area contributed by atoms with Gasteiger partial charge in [0.25, 0.3) is 0 Å².